The van der Waals surface area contributed by atoms with Crippen molar-refractivity contribution in [2.45, 2.75) is 6.92 Å². The van der Waals surface area contributed by atoms with Gasteiger partial charge in [-0.05, 0) is 42.8 Å². The summed E-state index contributed by atoms with van der Waals surface area (Å²) < 4.78 is 18.4. The van der Waals surface area contributed by atoms with Crippen LogP contribution in [-0.4, -0.2) is 24.2 Å². The van der Waals surface area contributed by atoms with Crippen LogP contribution in [-0.2, 0) is 0 Å². The largest absolute Gasteiger partial charge is 0.512 e. The summed E-state index contributed by atoms with van der Waals surface area (Å²) in [6.45, 7) is 1.92. The summed E-state index contributed by atoms with van der Waals surface area (Å²) in [7, 11) is 1.54. The van der Waals surface area contributed by atoms with E-state index in [2.05, 4.69) is 0 Å². The van der Waals surface area contributed by atoms with Crippen LogP contribution in [0.4, 0.5) is 14.9 Å². The summed E-state index contributed by atoms with van der Waals surface area (Å²) in [4.78, 5) is 25.7. The van der Waals surface area contributed by atoms with Gasteiger partial charge >= 0.3 is 6.16 Å². The minimum absolute atomic E-state index is 0.0460. The Morgan fingerprint density at radius 3 is 2.44 bits per heavy atom. The summed E-state index contributed by atoms with van der Waals surface area (Å²) in [5.74, 6) is -0.721. The molecule has 5 nitrogen and oxygen atoms in total. The highest BCUT2D eigenvalue weighted by molar-refractivity contribution is 7.18. The van der Waals surface area contributed by atoms with Gasteiger partial charge < -0.3 is 14.7 Å². The summed E-state index contributed by atoms with van der Waals surface area (Å²) in [6.07, 6.45) is -1.49. The van der Waals surface area contributed by atoms with Crippen LogP contribution >= 0.6 is 11.3 Å². The van der Waals surface area contributed by atoms with Gasteiger partial charge in [0.2, 0.25) is 5.06 Å². The SMILES string of the molecule is Cc1ccc(C(=O)N(C)c2cc(-c3cccc(F)c3)sc2OC(=O)O)cc1. The molecule has 1 aromatic heterocycles. The van der Waals surface area contributed by atoms with Crippen molar-refractivity contribution in [1.82, 2.24) is 0 Å². The van der Waals surface area contributed by atoms with Crippen molar-refractivity contribution in [1.29, 1.82) is 0 Å². The number of rotatable bonds is 4. The Morgan fingerprint density at radius 1 is 1.11 bits per heavy atom. The molecule has 1 N–H and O–H groups in total. The summed E-state index contributed by atoms with van der Waals surface area (Å²) in [5, 5.41) is 9.05. The molecular formula is C20H16FNO4S. The lowest BCUT2D eigenvalue weighted by Gasteiger charge is -2.17. The van der Waals surface area contributed by atoms with E-state index in [9.17, 15) is 14.0 Å². The van der Waals surface area contributed by atoms with Gasteiger partial charge in [-0.25, -0.2) is 9.18 Å². The van der Waals surface area contributed by atoms with E-state index in [-0.39, 0.29) is 11.0 Å². The molecule has 0 aliphatic carbocycles. The first-order chi connectivity index (χ1) is 12.8. The molecule has 0 saturated carbocycles. The highest BCUT2D eigenvalue weighted by atomic mass is 32.1. The number of thiophene rings is 1. The number of hydrogen-bond acceptors (Lipinski definition) is 4. The molecule has 0 bridgehead atoms. The molecule has 3 rings (SSSR count). The first-order valence-corrected chi connectivity index (χ1v) is 8.82. The molecule has 2 aromatic carbocycles. The molecule has 0 aliphatic rings. The molecule has 0 spiro atoms. The van der Waals surface area contributed by atoms with Crippen LogP contribution in [0.25, 0.3) is 10.4 Å². The number of carbonyl (C=O) groups is 2. The van der Waals surface area contributed by atoms with Gasteiger partial charge in [-0.1, -0.05) is 41.2 Å². The third-order valence-electron chi connectivity index (χ3n) is 3.93. The monoisotopic (exact) mass is 385 g/mol. The van der Waals surface area contributed by atoms with Crippen LogP contribution in [0.2, 0.25) is 0 Å². The van der Waals surface area contributed by atoms with Gasteiger partial charge in [-0.2, -0.15) is 0 Å². The number of carboxylic acid groups (broad SMARTS) is 1. The van der Waals surface area contributed by atoms with E-state index >= 15 is 0 Å². The highest BCUT2D eigenvalue weighted by Gasteiger charge is 2.22. The highest BCUT2D eigenvalue weighted by Crippen LogP contribution is 2.43. The fourth-order valence-corrected chi connectivity index (χ4v) is 3.56. The minimum atomic E-state index is -1.49. The van der Waals surface area contributed by atoms with Gasteiger partial charge in [0.05, 0.1) is 5.69 Å². The second-order valence-corrected chi connectivity index (χ2v) is 6.91. The van der Waals surface area contributed by atoms with Gasteiger partial charge in [0.1, 0.15) is 5.82 Å². The topological polar surface area (TPSA) is 66.8 Å². The smallest absolute Gasteiger partial charge is 0.449 e. The number of carbonyl (C=O) groups excluding carboxylic acids is 1. The summed E-state index contributed by atoms with van der Waals surface area (Å²) in [5.41, 5.74) is 2.35. The van der Waals surface area contributed by atoms with E-state index in [4.69, 9.17) is 9.84 Å². The Balaban J connectivity index is 2.00. The van der Waals surface area contributed by atoms with Crippen LogP contribution in [0.15, 0.2) is 54.6 Å². The van der Waals surface area contributed by atoms with Crippen molar-refractivity contribution < 1.29 is 23.8 Å². The van der Waals surface area contributed by atoms with Crippen molar-refractivity contribution in [2.24, 2.45) is 0 Å². The molecule has 0 saturated heterocycles. The van der Waals surface area contributed by atoms with Crippen molar-refractivity contribution in [3.63, 3.8) is 0 Å². The maximum atomic E-state index is 13.5. The number of hydrogen-bond donors (Lipinski definition) is 1. The number of halogens is 1. The van der Waals surface area contributed by atoms with Gasteiger partial charge in [-0.3, -0.25) is 4.79 Å². The van der Waals surface area contributed by atoms with E-state index in [0.717, 1.165) is 16.9 Å². The van der Waals surface area contributed by atoms with Gasteiger partial charge in [0, 0.05) is 17.5 Å². The predicted octanol–water partition coefficient (Wildman–Crippen LogP) is 5.20. The number of benzene rings is 2. The van der Waals surface area contributed by atoms with Crippen LogP contribution in [0.5, 0.6) is 5.06 Å². The number of anilines is 1. The van der Waals surface area contributed by atoms with E-state index in [0.29, 0.717) is 21.7 Å². The molecule has 0 fully saturated rings. The lowest BCUT2D eigenvalue weighted by Crippen LogP contribution is -2.26. The van der Waals surface area contributed by atoms with E-state index in [1.54, 1.807) is 30.3 Å². The third-order valence-corrected chi connectivity index (χ3v) is 4.98. The fourth-order valence-electron chi connectivity index (χ4n) is 2.53. The van der Waals surface area contributed by atoms with Crippen molar-refractivity contribution in [3.8, 4) is 15.5 Å². The van der Waals surface area contributed by atoms with Gasteiger partial charge in [-0.15, -0.1) is 0 Å². The van der Waals surface area contributed by atoms with E-state index in [1.807, 2.05) is 19.1 Å². The molecule has 138 valence electrons. The Morgan fingerprint density at radius 2 is 1.81 bits per heavy atom. The Bertz CT molecular complexity index is 997. The van der Waals surface area contributed by atoms with Crippen LogP contribution in [0, 0.1) is 12.7 Å². The third kappa shape index (κ3) is 4.15. The molecule has 7 heteroatoms. The zero-order chi connectivity index (χ0) is 19.6. The molecular weight excluding hydrogens is 369 g/mol. The second kappa shape index (κ2) is 7.59. The van der Waals surface area contributed by atoms with E-state index < -0.39 is 12.0 Å². The number of ether oxygens (including phenoxy) is 1. The molecule has 0 aliphatic heterocycles. The van der Waals surface area contributed by atoms with Gasteiger partial charge in [0.25, 0.3) is 5.91 Å². The molecule has 1 heterocycles. The quantitative estimate of drug-likeness (QED) is 0.627. The van der Waals surface area contributed by atoms with Crippen LogP contribution in [0.3, 0.4) is 0 Å². The fraction of sp³-hybridized carbons (Fsp3) is 0.100. The number of amides is 1. The van der Waals surface area contributed by atoms with Crippen molar-refractivity contribution in [2.75, 3.05) is 11.9 Å². The Labute approximate surface area is 159 Å². The Hall–Kier alpha value is -3.19. The van der Waals surface area contributed by atoms with E-state index in [1.165, 1.54) is 24.1 Å². The molecule has 0 radical (unpaired) electrons. The summed E-state index contributed by atoms with van der Waals surface area (Å²) in [6, 6.07) is 14.6. The van der Waals surface area contributed by atoms with Crippen LogP contribution < -0.4 is 9.64 Å². The number of aryl methyl sites for hydroxylation is 1. The van der Waals surface area contributed by atoms with Gasteiger partial charge in [0.15, 0.2) is 0 Å². The maximum Gasteiger partial charge on any atom is 0.512 e. The minimum Gasteiger partial charge on any atom is -0.449 e. The number of nitrogens with zero attached hydrogens (tertiary/aromatic N) is 1. The first-order valence-electron chi connectivity index (χ1n) is 8.00. The molecule has 0 unspecified atom stereocenters. The lowest BCUT2D eigenvalue weighted by molar-refractivity contribution is 0.0991. The molecule has 1 amide bonds. The molecule has 0 atom stereocenters. The zero-order valence-corrected chi connectivity index (χ0v) is 15.4. The standard InChI is InChI=1S/C20H16FNO4S/c1-12-6-8-13(9-7-12)18(23)22(2)16-11-17(27-19(16)26-20(24)25)14-4-3-5-15(21)10-14/h3-11H,1-2H3,(H,24,25). The maximum absolute atomic E-state index is 13.5. The molecule has 27 heavy (non-hydrogen) atoms. The average Bonchev–Trinajstić information content (AvgIpc) is 3.04. The average molecular weight is 385 g/mol. The first kappa shape index (κ1) is 18.6. The second-order valence-electron chi connectivity index (χ2n) is 5.89. The van der Waals surface area contributed by atoms with Crippen molar-refractivity contribution >= 4 is 29.1 Å². The molecule has 3 aromatic rings. The normalized spacial score (nSPS) is 10.5. The van der Waals surface area contributed by atoms with Crippen LogP contribution in [0.1, 0.15) is 15.9 Å². The Kier molecular flexibility index (Phi) is 5.23. The summed E-state index contributed by atoms with van der Waals surface area (Å²) >= 11 is 1.03. The lowest BCUT2D eigenvalue weighted by atomic mass is 10.1. The van der Waals surface area contributed by atoms with Crippen molar-refractivity contribution in [3.05, 3.63) is 71.5 Å². The predicted molar refractivity (Wildman–Crippen MR) is 102 cm³/mol. The zero-order valence-electron chi connectivity index (χ0n) is 14.6.